The molecular formula is C16H27NO2. The van der Waals surface area contributed by atoms with E-state index in [1.165, 1.54) is 5.57 Å². The lowest BCUT2D eigenvalue weighted by atomic mass is 9.62. The molecular weight excluding hydrogens is 238 g/mol. The van der Waals surface area contributed by atoms with E-state index in [0.717, 1.165) is 51.4 Å². The Morgan fingerprint density at radius 1 is 1.42 bits per heavy atom. The molecule has 1 N–H and O–H groups in total. The van der Waals surface area contributed by atoms with Crippen molar-refractivity contribution >= 4 is 6.29 Å². The van der Waals surface area contributed by atoms with Crippen LogP contribution in [0.5, 0.6) is 0 Å². The lowest BCUT2D eigenvalue weighted by Gasteiger charge is -2.46. The molecule has 2 rings (SSSR count). The van der Waals surface area contributed by atoms with Crippen molar-refractivity contribution in [1.29, 1.82) is 0 Å². The fourth-order valence-corrected chi connectivity index (χ4v) is 3.86. The highest BCUT2D eigenvalue weighted by atomic mass is 16.3. The van der Waals surface area contributed by atoms with E-state index in [4.69, 9.17) is 0 Å². The van der Waals surface area contributed by atoms with Gasteiger partial charge in [-0.2, -0.15) is 0 Å². The molecule has 0 bridgehead atoms. The molecule has 0 amide bonds. The summed E-state index contributed by atoms with van der Waals surface area (Å²) in [7, 11) is 4.16. The van der Waals surface area contributed by atoms with Gasteiger partial charge in [0, 0.05) is 17.9 Å². The van der Waals surface area contributed by atoms with Crippen LogP contribution >= 0.6 is 0 Å². The number of nitrogens with zero attached hydrogens (tertiary/aromatic N) is 1. The zero-order valence-corrected chi connectivity index (χ0v) is 12.5. The van der Waals surface area contributed by atoms with Crippen molar-refractivity contribution in [3.63, 3.8) is 0 Å². The summed E-state index contributed by atoms with van der Waals surface area (Å²) in [6, 6.07) is 0. The van der Waals surface area contributed by atoms with Crippen LogP contribution < -0.4 is 0 Å². The molecule has 0 aliphatic heterocycles. The van der Waals surface area contributed by atoms with Gasteiger partial charge in [0.25, 0.3) is 0 Å². The normalized spacial score (nSPS) is 40.7. The third-order valence-corrected chi connectivity index (χ3v) is 5.41. The quantitative estimate of drug-likeness (QED) is 0.627. The van der Waals surface area contributed by atoms with Gasteiger partial charge < -0.3 is 14.8 Å². The zero-order valence-electron chi connectivity index (χ0n) is 12.5. The summed E-state index contributed by atoms with van der Waals surface area (Å²) in [5.74, 6) is 0.0424. The smallest absolute Gasteiger partial charge is 0.123 e. The molecule has 3 nitrogen and oxygen atoms in total. The summed E-state index contributed by atoms with van der Waals surface area (Å²) in [6.07, 6.45) is 8.79. The summed E-state index contributed by atoms with van der Waals surface area (Å²) in [5.41, 5.74) is 0.530. The Kier molecular flexibility index (Phi) is 4.17. The SMILES string of the molecule is CN(C)CCC=C1CC[C@]2(C)[C@@H](C=O)CC[C@]2(O)C1. The summed E-state index contributed by atoms with van der Waals surface area (Å²) < 4.78 is 0. The van der Waals surface area contributed by atoms with Crippen molar-refractivity contribution in [2.24, 2.45) is 11.3 Å². The standard InChI is InChI=1S/C16H27NO2/c1-15-8-6-13(5-4-10-17(2)3)11-16(15,19)9-7-14(15)12-18/h5,12,14,19H,4,6-11H2,1-3H3/t14-,15-,16+/m1/s1. The molecule has 0 spiro atoms. The van der Waals surface area contributed by atoms with Gasteiger partial charge in [0.05, 0.1) is 5.60 Å². The molecule has 0 aromatic heterocycles. The van der Waals surface area contributed by atoms with Crippen LogP contribution in [0.15, 0.2) is 11.6 Å². The minimum atomic E-state index is -0.652. The van der Waals surface area contributed by atoms with Crippen molar-refractivity contribution < 1.29 is 9.90 Å². The number of carbonyl (C=O) groups excluding carboxylic acids is 1. The average molecular weight is 265 g/mol. The highest BCUT2D eigenvalue weighted by molar-refractivity contribution is 5.57. The predicted molar refractivity (Wildman–Crippen MR) is 76.9 cm³/mol. The van der Waals surface area contributed by atoms with E-state index in [-0.39, 0.29) is 11.3 Å². The monoisotopic (exact) mass is 265 g/mol. The van der Waals surface area contributed by atoms with Crippen LogP contribution in [0.1, 0.15) is 45.4 Å². The van der Waals surface area contributed by atoms with Crippen molar-refractivity contribution in [3.05, 3.63) is 11.6 Å². The van der Waals surface area contributed by atoms with E-state index in [9.17, 15) is 9.90 Å². The van der Waals surface area contributed by atoms with Gasteiger partial charge in [0.1, 0.15) is 6.29 Å². The second kappa shape index (κ2) is 5.37. The van der Waals surface area contributed by atoms with Crippen molar-refractivity contribution in [2.75, 3.05) is 20.6 Å². The molecule has 0 aromatic rings. The fraction of sp³-hybridized carbons (Fsp3) is 0.812. The lowest BCUT2D eigenvalue weighted by Crippen LogP contribution is -2.48. The van der Waals surface area contributed by atoms with E-state index >= 15 is 0 Å². The van der Waals surface area contributed by atoms with E-state index in [0.29, 0.717) is 0 Å². The highest BCUT2D eigenvalue weighted by Gasteiger charge is 2.57. The number of aliphatic hydroxyl groups is 1. The van der Waals surface area contributed by atoms with Gasteiger partial charge in [-0.25, -0.2) is 0 Å². The van der Waals surface area contributed by atoms with Gasteiger partial charge in [-0.3, -0.25) is 0 Å². The molecule has 3 atom stereocenters. The van der Waals surface area contributed by atoms with Gasteiger partial charge in [-0.15, -0.1) is 0 Å². The van der Waals surface area contributed by atoms with Crippen LogP contribution in [0.3, 0.4) is 0 Å². The summed E-state index contributed by atoms with van der Waals surface area (Å²) in [5, 5.41) is 10.9. The Hall–Kier alpha value is -0.670. The average Bonchev–Trinajstić information content (AvgIpc) is 2.60. The maximum atomic E-state index is 11.2. The Morgan fingerprint density at radius 3 is 2.79 bits per heavy atom. The third-order valence-electron chi connectivity index (χ3n) is 5.41. The van der Waals surface area contributed by atoms with Crippen LogP contribution in [-0.2, 0) is 4.79 Å². The van der Waals surface area contributed by atoms with Crippen molar-refractivity contribution in [2.45, 2.75) is 51.0 Å². The molecule has 0 heterocycles. The number of hydrogen-bond donors (Lipinski definition) is 1. The maximum Gasteiger partial charge on any atom is 0.123 e. The maximum absolute atomic E-state index is 11.2. The van der Waals surface area contributed by atoms with Gasteiger partial charge >= 0.3 is 0 Å². The Morgan fingerprint density at radius 2 is 2.16 bits per heavy atom. The van der Waals surface area contributed by atoms with Crippen LogP contribution in [0.25, 0.3) is 0 Å². The zero-order chi connectivity index (χ0) is 14.1. The topological polar surface area (TPSA) is 40.5 Å². The number of hydrogen-bond acceptors (Lipinski definition) is 3. The molecule has 2 saturated carbocycles. The van der Waals surface area contributed by atoms with E-state index < -0.39 is 5.60 Å². The van der Waals surface area contributed by atoms with E-state index in [2.05, 4.69) is 32.0 Å². The number of aldehydes is 1. The first-order valence-electron chi connectivity index (χ1n) is 7.41. The number of fused-ring (bicyclic) bond motifs is 1. The molecule has 2 fully saturated rings. The van der Waals surface area contributed by atoms with Gasteiger partial charge in [0.15, 0.2) is 0 Å². The molecule has 2 aliphatic carbocycles. The first-order valence-corrected chi connectivity index (χ1v) is 7.41. The molecule has 0 aromatic carbocycles. The molecule has 0 saturated heterocycles. The minimum Gasteiger partial charge on any atom is -0.389 e. The predicted octanol–water partition coefficient (Wildman–Crippen LogP) is 2.39. The molecule has 2 aliphatic rings. The van der Waals surface area contributed by atoms with Crippen molar-refractivity contribution in [3.8, 4) is 0 Å². The van der Waals surface area contributed by atoms with Crippen molar-refractivity contribution in [1.82, 2.24) is 4.90 Å². The van der Waals surface area contributed by atoms with Crippen LogP contribution in [-0.4, -0.2) is 42.5 Å². The van der Waals surface area contributed by atoms with Crippen LogP contribution in [0.4, 0.5) is 0 Å². The number of rotatable bonds is 4. The summed E-state index contributed by atoms with van der Waals surface area (Å²) in [4.78, 5) is 13.4. The minimum absolute atomic E-state index is 0.0424. The number of carbonyl (C=O) groups is 1. The third kappa shape index (κ3) is 2.63. The largest absolute Gasteiger partial charge is 0.389 e. The molecule has 19 heavy (non-hydrogen) atoms. The highest BCUT2D eigenvalue weighted by Crippen LogP contribution is 2.58. The Labute approximate surface area is 116 Å². The Bertz CT molecular complexity index is 377. The van der Waals surface area contributed by atoms with Crippen LogP contribution in [0.2, 0.25) is 0 Å². The first-order chi connectivity index (χ1) is 8.91. The van der Waals surface area contributed by atoms with Gasteiger partial charge in [-0.1, -0.05) is 18.6 Å². The summed E-state index contributed by atoms with van der Waals surface area (Å²) >= 11 is 0. The van der Waals surface area contributed by atoms with E-state index in [1.54, 1.807) is 0 Å². The second-order valence-electron chi connectivity index (χ2n) is 6.86. The second-order valence-corrected chi connectivity index (χ2v) is 6.86. The van der Waals surface area contributed by atoms with E-state index in [1.807, 2.05) is 0 Å². The van der Waals surface area contributed by atoms with Crippen LogP contribution in [0, 0.1) is 11.3 Å². The summed E-state index contributed by atoms with van der Waals surface area (Å²) in [6.45, 7) is 3.16. The fourth-order valence-electron chi connectivity index (χ4n) is 3.86. The molecule has 0 radical (unpaired) electrons. The molecule has 108 valence electrons. The van der Waals surface area contributed by atoms with Gasteiger partial charge in [-0.05, 0) is 52.6 Å². The molecule has 0 unspecified atom stereocenters. The molecule has 3 heteroatoms. The lowest BCUT2D eigenvalue weighted by molar-refractivity contribution is -0.123. The first kappa shape index (κ1) is 14.7. The Balaban J connectivity index is 2.05. The van der Waals surface area contributed by atoms with Gasteiger partial charge in [0.2, 0.25) is 0 Å².